The average Bonchev–Trinajstić information content (AvgIpc) is 3.05. The third-order valence-corrected chi connectivity index (χ3v) is 5.45. The van der Waals surface area contributed by atoms with Gasteiger partial charge in [-0.05, 0) is 58.7 Å². The summed E-state index contributed by atoms with van der Waals surface area (Å²) in [6.45, 7) is 6.06. The van der Waals surface area contributed by atoms with Crippen LogP contribution in [-0.2, 0) is 4.74 Å². The minimum absolute atomic E-state index is 0.137. The summed E-state index contributed by atoms with van der Waals surface area (Å²) < 4.78 is 49.6. The van der Waals surface area contributed by atoms with E-state index in [9.17, 15) is 27.9 Å². The second-order valence-corrected chi connectivity index (χ2v) is 9.70. The number of carbonyl (C=O) groups is 2. The predicted molar refractivity (Wildman–Crippen MR) is 123 cm³/mol. The Balaban J connectivity index is 2.05. The van der Waals surface area contributed by atoms with Gasteiger partial charge in [-0.3, -0.25) is 4.98 Å². The molecule has 1 fully saturated rings. The summed E-state index contributed by atoms with van der Waals surface area (Å²) in [7, 11) is 0. The lowest BCUT2D eigenvalue weighted by molar-refractivity contribution is -0.0499. The summed E-state index contributed by atoms with van der Waals surface area (Å²) in [5.74, 6) is -2.50. The Bertz CT molecular complexity index is 1140. The Morgan fingerprint density at radius 2 is 1.94 bits per heavy atom. The molecule has 0 saturated carbocycles. The quantitative estimate of drug-likeness (QED) is 0.582. The van der Waals surface area contributed by atoms with Crippen molar-refractivity contribution in [1.29, 1.82) is 0 Å². The van der Waals surface area contributed by atoms with Gasteiger partial charge in [-0.25, -0.2) is 14.0 Å². The van der Waals surface area contributed by atoms with E-state index in [0.29, 0.717) is 18.7 Å². The summed E-state index contributed by atoms with van der Waals surface area (Å²) in [4.78, 5) is 30.4. The minimum Gasteiger partial charge on any atom is -0.478 e. The lowest BCUT2D eigenvalue weighted by Gasteiger charge is -2.30. The fourth-order valence-corrected chi connectivity index (χ4v) is 4.11. The molecule has 8 nitrogen and oxygen atoms in total. The molecule has 3 rings (SSSR count). The van der Waals surface area contributed by atoms with Crippen molar-refractivity contribution in [2.24, 2.45) is 0 Å². The van der Waals surface area contributed by atoms with E-state index in [0.717, 1.165) is 12.1 Å². The molecule has 190 valence electrons. The Morgan fingerprint density at radius 1 is 1.26 bits per heavy atom. The third-order valence-electron chi connectivity index (χ3n) is 5.45. The first-order valence-electron chi connectivity index (χ1n) is 10.9. The van der Waals surface area contributed by atoms with E-state index in [4.69, 9.17) is 4.74 Å². The van der Waals surface area contributed by atoms with Gasteiger partial charge in [0.05, 0.1) is 11.2 Å². The number of carboxylic acid groups (broad SMARTS) is 1. The van der Waals surface area contributed by atoms with Crippen LogP contribution in [0.15, 0.2) is 24.4 Å². The molecule has 0 bridgehead atoms. The molecule has 1 unspecified atom stereocenters. The Kier molecular flexibility index (Phi) is 7.18. The maximum atomic E-state index is 14.3. The van der Waals surface area contributed by atoms with Crippen molar-refractivity contribution in [1.82, 2.24) is 10.3 Å². The Hall–Kier alpha value is -3.50. The number of ether oxygens (including phenoxy) is 2. The van der Waals surface area contributed by atoms with Crippen LogP contribution < -0.4 is 15.0 Å². The summed E-state index contributed by atoms with van der Waals surface area (Å²) in [6.07, 6.45) is 1.06. The van der Waals surface area contributed by atoms with Gasteiger partial charge >= 0.3 is 18.7 Å². The van der Waals surface area contributed by atoms with E-state index in [-0.39, 0.29) is 28.9 Å². The van der Waals surface area contributed by atoms with Gasteiger partial charge in [-0.1, -0.05) is 0 Å². The molecule has 1 saturated heterocycles. The van der Waals surface area contributed by atoms with Gasteiger partial charge in [-0.2, -0.15) is 8.78 Å². The van der Waals surface area contributed by atoms with Crippen molar-refractivity contribution in [3.8, 4) is 16.9 Å². The average molecular weight is 495 g/mol. The Morgan fingerprint density at radius 3 is 2.54 bits per heavy atom. The summed E-state index contributed by atoms with van der Waals surface area (Å²) in [5, 5.41) is 12.7. The molecule has 1 aliphatic rings. The first-order valence-corrected chi connectivity index (χ1v) is 10.9. The molecular weight excluding hydrogens is 467 g/mol. The minimum atomic E-state index is -3.16. The zero-order chi connectivity index (χ0) is 26.1. The van der Waals surface area contributed by atoms with E-state index in [2.05, 4.69) is 15.0 Å². The van der Waals surface area contributed by atoms with Gasteiger partial charge in [0.25, 0.3) is 0 Å². The number of halogens is 3. The number of nitrogens with one attached hydrogen (secondary N) is 1. The monoisotopic (exact) mass is 495 g/mol. The number of aromatic carboxylic acids is 1. The molecule has 2 aromatic rings. The molecule has 0 aliphatic carbocycles. The molecule has 1 aromatic heterocycles. The van der Waals surface area contributed by atoms with E-state index in [1.165, 1.54) is 12.3 Å². The molecule has 0 spiro atoms. The fraction of sp³-hybridized carbons (Fsp3) is 0.458. The van der Waals surface area contributed by atoms with Crippen molar-refractivity contribution in [2.75, 3.05) is 18.0 Å². The number of aromatic nitrogens is 1. The molecule has 2 heterocycles. The number of anilines is 1. The highest BCUT2D eigenvalue weighted by molar-refractivity contribution is 6.00. The number of pyridine rings is 1. The largest absolute Gasteiger partial charge is 0.478 e. The lowest BCUT2D eigenvalue weighted by atomic mass is 9.97. The molecule has 0 radical (unpaired) electrons. The molecule has 1 aromatic carbocycles. The van der Waals surface area contributed by atoms with Crippen molar-refractivity contribution < 1.29 is 37.3 Å². The van der Waals surface area contributed by atoms with Gasteiger partial charge in [0.2, 0.25) is 0 Å². The number of rotatable bonds is 6. The molecule has 1 atom stereocenters. The standard InChI is InChI=1S/C24H28F3N3O5/c1-13-18(14-8-15(25)10-16(9-14)34-21(26)27)19(17(11-28-13)20(31)32)30-7-6-24(5,12-30)29-22(33)35-23(2,3)4/h8-11,21H,6-7,12H2,1-5H3,(H,29,33)(H,31,32). The third kappa shape index (κ3) is 6.34. The number of alkyl halides is 2. The fourth-order valence-electron chi connectivity index (χ4n) is 4.11. The first kappa shape index (κ1) is 26.1. The highest BCUT2D eigenvalue weighted by Crippen LogP contribution is 2.40. The molecule has 11 heteroatoms. The number of nitrogens with zero attached hydrogens (tertiary/aromatic N) is 2. The number of carboxylic acids is 1. The van der Waals surface area contributed by atoms with Gasteiger partial charge in [0.15, 0.2) is 0 Å². The van der Waals surface area contributed by atoms with Crippen LogP contribution in [0.2, 0.25) is 0 Å². The maximum absolute atomic E-state index is 14.3. The molecule has 2 N–H and O–H groups in total. The summed E-state index contributed by atoms with van der Waals surface area (Å²) in [6, 6.07) is 3.13. The van der Waals surface area contributed by atoms with Crippen molar-refractivity contribution in [2.45, 2.75) is 58.8 Å². The number of hydrogen-bond donors (Lipinski definition) is 2. The predicted octanol–water partition coefficient (Wildman–Crippen LogP) is 4.99. The summed E-state index contributed by atoms with van der Waals surface area (Å²) in [5.41, 5.74) is -0.575. The topological polar surface area (TPSA) is 101 Å². The maximum Gasteiger partial charge on any atom is 0.408 e. The highest BCUT2D eigenvalue weighted by atomic mass is 19.3. The Labute approximate surface area is 201 Å². The van der Waals surface area contributed by atoms with Gasteiger partial charge < -0.3 is 24.8 Å². The zero-order valence-electron chi connectivity index (χ0n) is 20.1. The van der Waals surface area contributed by atoms with E-state index >= 15 is 0 Å². The highest BCUT2D eigenvalue weighted by Gasteiger charge is 2.39. The van der Waals surface area contributed by atoms with Gasteiger partial charge in [0, 0.05) is 36.6 Å². The number of amides is 1. The first-order chi connectivity index (χ1) is 16.2. The lowest BCUT2D eigenvalue weighted by Crippen LogP contribution is -2.49. The van der Waals surface area contributed by atoms with E-state index < -0.39 is 41.4 Å². The van der Waals surface area contributed by atoms with E-state index in [1.54, 1.807) is 32.6 Å². The number of benzene rings is 1. The van der Waals surface area contributed by atoms with Crippen molar-refractivity contribution >= 4 is 17.7 Å². The number of hydrogen-bond acceptors (Lipinski definition) is 6. The SMILES string of the molecule is Cc1ncc(C(=O)O)c(N2CCC(C)(NC(=O)OC(C)(C)C)C2)c1-c1cc(F)cc(OC(F)F)c1. The van der Waals surface area contributed by atoms with Gasteiger partial charge in [-0.15, -0.1) is 0 Å². The van der Waals surface area contributed by atoms with E-state index in [1.807, 2.05) is 6.92 Å². The number of aryl methyl sites for hydroxylation is 1. The van der Waals surface area contributed by atoms with Gasteiger partial charge in [0.1, 0.15) is 22.7 Å². The number of alkyl carbamates (subject to hydrolysis) is 1. The van der Waals surface area contributed by atoms with Crippen LogP contribution in [0.3, 0.4) is 0 Å². The van der Waals surface area contributed by atoms with Crippen LogP contribution >= 0.6 is 0 Å². The molecule has 1 aliphatic heterocycles. The summed E-state index contributed by atoms with van der Waals surface area (Å²) >= 11 is 0. The molecule has 1 amide bonds. The molecule has 35 heavy (non-hydrogen) atoms. The second kappa shape index (κ2) is 9.63. The van der Waals surface area contributed by atoms with Crippen LogP contribution in [0.25, 0.3) is 11.1 Å². The zero-order valence-corrected chi connectivity index (χ0v) is 20.1. The molecular formula is C24H28F3N3O5. The van der Waals surface area contributed by atoms with Crippen LogP contribution in [0.5, 0.6) is 5.75 Å². The smallest absolute Gasteiger partial charge is 0.408 e. The van der Waals surface area contributed by atoms with Crippen LogP contribution in [0, 0.1) is 12.7 Å². The number of carbonyl (C=O) groups excluding carboxylic acids is 1. The normalized spacial score (nSPS) is 18.0. The van der Waals surface area contributed by atoms with Crippen LogP contribution in [0.4, 0.5) is 23.7 Å². The second-order valence-electron chi connectivity index (χ2n) is 9.70. The van der Waals surface area contributed by atoms with Crippen LogP contribution in [-0.4, -0.2) is 53.0 Å². The van der Waals surface area contributed by atoms with Crippen molar-refractivity contribution in [3.05, 3.63) is 41.5 Å². The van der Waals surface area contributed by atoms with Crippen molar-refractivity contribution in [3.63, 3.8) is 0 Å². The van der Waals surface area contributed by atoms with Crippen LogP contribution in [0.1, 0.15) is 50.2 Å².